The average molecular weight is 386 g/mol. The molecule has 0 aromatic carbocycles. The molecule has 8 nitrogen and oxygen atoms in total. The molecule has 0 bridgehead atoms. The van der Waals surface area contributed by atoms with Crippen molar-refractivity contribution in [1.29, 1.82) is 0 Å². The molecule has 0 spiro atoms. The normalized spacial score (nSPS) is 11.3. The third kappa shape index (κ3) is 4.39. The van der Waals surface area contributed by atoms with Crippen LogP contribution in [0.2, 0.25) is 0 Å². The molecule has 0 aliphatic heterocycles. The molecule has 2 heterocycles. The highest BCUT2D eigenvalue weighted by molar-refractivity contribution is 5.94. The predicted octanol–water partition coefficient (Wildman–Crippen LogP) is 3.41. The van der Waals surface area contributed by atoms with E-state index in [4.69, 9.17) is 9.97 Å². The monoisotopic (exact) mass is 385 g/mol. The van der Waals surface area contributed by atoms with Crippen LogP contribution in [-0.4, -0.2) is 60.2 Å². The van der Waals surface area contributed by atoms with Crippen LogP contribution < -0.4 is 20.4 Å². The fourth-order valence-corrected chi connectivity index (χ4v) is 3.32. The van der Waals surface area contributed by atoms with Crippen molar-refractivity contribution in [2.45, 2.75) is 26.7 Å². The molecule has 8 heteroatoms. The number of rotatable bonds is 12. The molecule has 152 valence electrons. The van der Waals surface area contributed by atoms with E-state index in [9.17, 15) is 0 Å². The Morgan fingerprint density at radius 1 is 0.857 bits per heavy atom. The first-order valence-electron chi connectivity index (χ1n) is 9.86. The Balaban J connectivity index is 2.74. The lowest BCUT2D eigenvalue weighted by Gasteiger charge is -2.34. The molecule has 0 amide bonds. The number of aromatic nitrogens is 4. The van der Waals surface area contributed by atoms with Gasteiger partial charge in [0.15, 0.2) is 11.6 Å². The molecular formula is C20H33N8+. The van der Waals surface area contributed by atoms with E-state index in [1.54, 1.807) is 0 Å². The molecule has 0 fully saturated rings. The van der Waals surface area contributed by atoms with Crippen LogP contribution in [-0.2, 0) is 0 Å². The average Bonchev–Trinajstić information content (AvgIpc) is 2.71. The lowest BCUT2D eigenvalue weighted by Crippen LogP contribution is -2.51. The van der Waals surface area contributed by atoms with Gasteiger partial charge in [-0.25, -0.2) is 4.98 Å². The van der Waals surface area contributed by atoms with Crippen molar-refractivity contribution < 1.29 is 0 Å². The molecule has 0 saturated heterocycles. The van der Waals surface area contributed by atoms with Gasteiger partial charge in [0.1, 0.15) is 24.1 Å². The summed E-state index contributed by atoms with van der Waals surface area (Å²) in [5.74, 6) is 2.65. The van der Waals surface area contributed by atoms with E-state index >= 15 is 0 Å². The fourth-order valence-electron chi connectivity index (χ4n) is 3.32. The van der Waals surface area contributed by atoms with E-state index in [1.807, 2.05) is 26.2 Å². The largest absolute Gasteiger partial charge is 0.371 e. The van der Waals surface area contributed by atoms with Gasteiger partial charge in [-0.05, 0) is 25.0 Å². The minimum absolute atomic E-state index is 0.563. The highest BCUT2D eigenvalue weighted by atomic mass is 15.4. The van der Waals surface area contributed by atoms with Crippen molar-refractivity contribution in [2.75, 3.05) is 56.2 Å². The minimum atomic E-state index is 0.563. The summed E-state index contributed by atoms with van der Waals surface area (Å²) in [7, 11) is 3.69. The van der Waals surface area contributed by atoms with Crippen LogP contribution in [0.5, 0.6) is 0 Å². The molecule has 3 N–H and O–H groups in total. The molecule has 0 atom stereocenters. The van der Waals surface area contributed by atoms with Crippen LogP contribution >= 0.6 is 0 Å². The maximum Gasteiger partial charge on any atom is 0.332 e. The molecule has 0 aliphatic rings. The molecule has 0 radical (unpaired) electrons. The Morgan fingerprint density at radius 2 is 1.46 bits per heavy atom. The van der Waals surface area contributed by atoms with Gasteiger partial charge >= 0.3 is 5.95 Å². The zero-order valence-corrected chi connectivity index (χ0v) is 17.5. The van der Waals surface area contributed by atoms with Gasteiger partial charge in [-0.2, -0.15) is 15.0 Å². The van der Waals surface area contributed by atoms with Crippen molar-refractivity contribution >= 4 is 34.6 Å². The minimum Gasteiger partial charge on any atom is -0.371 e. The van der Waals surface area contributed by atoms with E-state index in [1.165, 1.54) is 0 Å². The number of hydrogen-bond acceptors (Lipinski definition) is 7. The Kier molecular flexibility index (Phi) is 7.69. The zero-order valence-electron chi connectivity index (χ0n) is 17.5. The zero-order chi connectivity index (χ0) is 20.6. The predicted molar refractivity (Wildman–Crippen MR) is 120 cm³/mol. The fraction of sp³-hybridized carbons (Fsp3) is 0.500. The number of hydrogen-bond donors (Lipinski definition) is 3. The van der Waals surface area contributed by atoms with Crippen LogP contribution in [0.3, 0.4) is 0 Å². The second kappa shape index (κ2) is 9.98. The van der Waals surface area contributed by atoms with Gasteiger partial charge in [-0.3, -0.25) is 4.48 Å². The lowest BCUT2D eigenvalue weighted by atomic mass is 10.2. The molecule has 0 unspecified atom stereocenters. The van der Waals surface area contributed by atoms with Crippen LogP contribution in [0.4, 0.5) is 23.5 Å². The topological polar surface area (TPSA) is 87.7 Å². The summed E-state index contributed by atoms with van der Waals surface area (Å²) >= 11 is 0. The van der Waals surface area contributed by atoms with Gasteiger partial charge in [0.05, 0.1) is 6.54 Å². The van der Waals surface area contributed by atoms with Gasteiger partial charge in [0.25, 0.3) is 0 Å². The number of quaternary nitrogens is 1. The third-order valence-electron chi connectivity index (χ3n) is 4.57. The smallest absolute Gasteiger partial charge is 0.332 e. The summed E-state index contributed by atoms with van der Waals surface area (Å²) in [6, 6.07) is 0. The Bertz CT molecular complexity index is 807. The second-order valence-corrected chi connectivity index (χ2v) is 6.70. The molecular weight excluding hydrogens is 352 g/mol. The van der Waals surface area contributed by atoms with Gasteiger partial charge < -0.3 is 16.0 Å². The molecule has 0 saturated carbocycles. The Morgan fingerprint density at radius 3 is 2.00 bits per heavy atom. The summed E-state index contributed by atoms with van der Waals surface area (Å²) in [5.41, 5.74) is 1.39. The van der Waals surface area contributed by atoms with Crippen LogP contribution in [0.1, 0.15) is 26.7 Å². The summed E-state index contributed by atoms with van der Waals surface area (Å²) < 4.78 is 0.563. The second-order valence-electron chi connectivity index (χ2n) is 6.70. The number of fused-ring (bicyclic) bond motifs is 1. The maximum atomic E-state index is 4.91. The summed E-state index contributed by atoms with van der Waals surface area (Å²) in [6.45, 7) is 15.3. The molecule has 2 rings (SSSR count). The quantitative estimate of drug-likeness (QED) is 0.381. The van der Waals surface area contributed by atoms with Crippen molar-refractivity contribution in [3.8, 4) is 0 Å². The highest BCUT2D eigenvalue weighted by Crippen LogP contribution is 2.30. The standard InChI is InChI=1S/C20H33N8/c1-7-11-23-19-24-15-16(17(21-5)26-19)25-20(27-18(15)22-6)28(12-8-2,13-9-3)14-10-4/h8-9H,2-3,7,10-14H2,1,4-6H3,(H,22,25,27)(H2,21,23,24,26)/q+1. The molecule has 28 heavy (non-hydrogen) atoms. The first kappa shape index (κ1) is 21.6. The summed E-state index contributed by atoms with van der Waals surface area (Å²) in [6.07, 6.45) is 5.82. The van der Waals surface area contributed by atoms with Gasteiger partial charge in [0, 0.05) is 20.6 Å². The van der Waals surface area contributed by atoms with E-state index in [-0.39, 0.29) is 0 Å². The van der Waals surface area contributed by atoms with E-state index in [0.717, 1.165) is 39.0 Å². The number of nitrogens with one attached hydrogen (secondary N) is 3. The maximum absolute atomic E-state index is 4.91. The van der Waals surface area contributed by atoms with Crippen molar-refractivity contribution in [2.24, 2.45) is 0 Å². The molecule has 2 aromatic rings. The Labute approximate surface area is 167 Å². The first-order chi connectivity index (χ1) is 13.6. The molecule has 2 aromatic heterocycles. The summed E-state index contributed by atoms with van der Waals surface area (Å²) in [4.78, 5) is 19.0. The SMILES string of the molecule is C=CC[N+](CC=C)(CCC)c1nc(NC)c2nc(NCCC)nc(NC)c2n1. The van der Waals surface area contributed by atoms with Crippen molar-refractivity contribution in [1.82, 2.24) is 24.4 Å². The van der Waals surface area contributed by atoms with Gasteiger partial charge in [-0.1, -0.05) is 27.0 Å². The van der Waals surface area contributed by atoms with Gasteiger partial charge in [0.2, 0.25) is 5.95 Å². The van der Waals surface area contributed by atoms with Crippen LogP contribution in [0, 0.1) is 0 Å². The molecule has 0 aliphatic carbocycles. The van der Waals surface area contributed by atoms with Crippen LogP contribution in [0.25, 0.3) is 11.0 Å². The van der Waals surface area contributed by atoms with Crippen molar-refractivity contribution in [3.63, 3.8) is 0 Å². The van der Waals surface area contributed by atoms with E-state index in [2.05, 4.69) is 52.9 Å². The van der Waals surface area contributed by atoms with E-state index in [0.29, 0.717) is 39.0 Å². The van der Waals surface area contributed by atoms with Crippen molar-refractivity contribution in [3.05, 3.63) is 25.3 Å². The Hall–Kier alpha value is -2.74. The first-order valence-corrected chi connectivity index (χ1v) is 9.86. The third-order valence-corrected chi connectivity index (χ3v) is 4.57. The van der Waals surface area contributed by atoms with Crippen LogP contribution in [0.15, 0.2) is 25.3 Å². The number of anilines is 3. The van der Waals surface area contributed by atoms with E-state index < -0.39 is 0 Å². The summed E-state index contributed by atoms with van der Waals surface area (Å²) in [5, 5.41) is 9.58. The lowest BCUT2D eigenvalue weighted by molar-refractivity contribution is 0.314. The highest BCUT2D eigenvalue weighted by Gasteiger charge is 2.32. The number of nitrogens with zero attached hydrogens (tertiary/aromatic N) is 5. The van der Waals surface area contributed by atoms with Gasteiger partial charge in [-0.15, -0.1) is 0 Å².